The summed E-state index contributed by atoms with van der Waals surface area (Å²) in [6.07, 6.45) is 7.36. The highest BCUT2D eigenvalue weighted by Crippen LogP contribution is 2.30. The van der Waals surface area contributed by atoms with Crippen LogP contribution in [0.2, 0.25) is 0 Å². The van der Waals surface area contributed by atoms with Crippen molar-refractivity contribution in [1.82, 2.24) is 15.0 Å². The fourth-order valence-corrected chi connectivity index (χ4v) is 3.36. The first-order valence-electron chi connectivity index (χ1n) is 8.54. The standard InChI is InChI=1S/C19H21N5O/c1-25-15-2-3-17-16(12-15)18(4-9-21-17)24-10-6-14(7-11-24)23-19-5-8-20-13-22-19/h2-5,8-9,12-14H,6-7,10-11H2,1H3,(H,20,22,23). The Kier molecular flexibility index (Phi) is 4.33. The van der Waals surface area contributed by atoms with Crippen molar-refractivity contribution in [2.24, 2.45) is 0 Å². The van der Waals surface area contributed by atoms with Gasteiger partial charge >= 0.3 is 0 Å². The van der Waals surface area contributed by atoms with Crippen molar-refractivity contribution in [3.05, 3.63) is 49.1 Å². The zero-order valence-electron chi connectivity index (χ0n) is 14.2. The number of nitrogens with zero attached hydrogens (tertiary/aromatic N) is 4. The number of methoxy groups -OCH3 is 1. The molecule has 0 unspecified atom stereocenters. The van der Waals surface area contributed by atoms with Gasteiger partial charge in [0, 0.05) is 42.6 Å². The van der Waals surface area contributed by atoms with E-state index in [1.165, 1.54) is 5.69 Å². The van der Waals surface area contributed by atoms with E-state index in [0.29, 0.717) is 6.04 Å². The predicted octanol–water partition coefficient (Wildman–Crippen LogP) is 3.11. The molecular weight excluding hydrogens is 314 g/mol. The molecule has 128 valence electrons. The van der Waals surface area contributed by atoms with E-state index in [2.05, 4.69) is 37.3 Å². The Morgan fingerprint density at radius 1 is 1.08 bits per heavy atom. The van der Waals surface area contributed by atoms with Crippen LogP contribution < -0.4 is 15.0 Å². The van der Waals surface area contributed by atoms with Crippen molar-refractivity contribution in [1.29, 1.82) is 0 Å². The van der Waals surface area contributed by atoms with E-state index in [-0.39, 0.29) is 0 Å². The minimum atomic E-state index is 0.439. The Morgan fingerprint density at radius 3 is 2.72 bits per heavy atom. The third kappa shape index (κ3) is 3.33. The molecule has 4 rings (SSSR count). The fourth-order valence-electron chi connectivity index (χ4n) is 3.36. The molecule has 0 atom stereocenters. The Balaban J connectivity index is 1.50. The van der Waals surface area contributed by atoms with Crippen LogP contribution in [-0.2, 0) is 0 Å². The van der Waals surface area contributed by atoms with E-state index in [0.717, 1.165) is 48.4 Å². The first-order valence-corrected chi connectivity index (χ1v) is 8.54. The maximum atomic E-state index is 5.38. The van der Waals surface area contributed by atoms with E-state index in [9.17, 15) is 0 Å². The molecule has 3 aromatic rings. The van der Waals surface area contributed by atoms with Crippen LogP contribution in [0.3, 0.4) is 0 Å². The molecule has 1 aliphatic heterocycles. The smallest absolute Gasteiger partial charge is 0.129 e. The summed E-state index contributed by atoms with van der Waals surface area (Å²) in [4.78, 5) is 15.1. The molecule has 0 spiro atoms. The predicted molar refractivity (Wildman–Crippen MR) is 99.2 cm³/mol. The molecule has 1 saturated heterocycles. The Hall–Kier alpha value is -2.89. The topological polar surface area (TPSA) is 63.2 Å². The quantitative estimate of drug-likeness (QED) is 0.790. The average Bonchev–Trinajstić information content (AvgIpc) is 2.68. The minimum Gasteiger partial charge on any atom is -0.497 e. The highest BCUT2D eigenvalue weighted by molar-refractivity contribution is 5.92. The fraction of sp³-hybridized carbons (Fsp3) is 0.316. The van der Waals surface area contributed by atoms with Gasteiger partial charge < -0.3 is 15.0 Å². The summed E-state index contributed by atoms with van der Waals surface area (Å²) in [5.74, 6) is 1.76. The third-order valence-corrected chi connectivity index (χ3v) is 4.70. The van der Waals surface area contributed by atoms with E-state index in [1.807, 2.05) is 24.4 Å². The summed E-state index contributed by atoms with van der Waals surface area (Å²) in [6, 6.07) is 10.5. The van der Waals surface area contributed by atoms with Gasteiger partial charge in [-0.2, -0.15) is 0 Å². The van der Waals surface area contributed by atoms with Gasteiger partial charge in [0.05, 0.1) is 12.6 Å². The first-order chi connectivity index (χ1) is 12.3. The molecule has 0 radical (unpaired) electrons. The van der Waals surface area contributed by atoms with Gasteiger partial charge in [-0.1, -0.05) is 0 Å². The minimum absolute atomic E-state index is 0.439. The lowest BCUT2D eigenvalue weighted by atomic mass is 10.0. The van der Waals surface area contributed by atoms with Crippen LogP contribution in [0.15, 0.2) is 49.1 Å². The van der Waals surface area contributed by atoms with Crippen LogP contribution in [0.25, 0.3) is 10.9 Å². The molecule has 3 heterocycles. The molecule has 0 amide bonds. The SMILES string of the molecule is COc1ccc2nccc(N3CCC(Nc4ccncn4)CC3)c2c1. The molecule has 25 heavy (non-hydrogen) atoms. The number of fused-ring (bicyclic) bond motifs is 1. The molecule has 6 nitrogen and oxygen atoms in total. The van der Waals surface area contributed by atoms with Crippen molar-refractivity contribution >= 4 is 22.4 Å². The maximum Gasteiger partial charge on any atom is 0.129 e. The second-order valence-corrected chi connectivity index (χ2v) is 6.21. The van der Waals surface area contributed by atoms with Gasteiger partial charge in [-0.15, -0.1) is 0 Å². The molecule has 1 aromatic carbocycles. The molecule has 0 saturated carbocycles. The molecule has 1 N–H and O–H groups in total. The lowest BCUT2D eigenvalue weighted by Gasteiger charge is -2.34. The second kappa shape index (κ2) is 6.93. The highest BCUT2D eigenvalue weighted by Gasteiger charge is 2.21. The number of hydrogen-bond acceptors (Lipinski definition) is 6. The molecule has 0 bridgehead atoms. The first kappa shape index (κ1) is 15.6. The zero-order chi connectivity index (χ0) is 17.1. The number of aromatic nitrogens is 3. The lowest BCUT2D eigenvalue weighted by Crippen LogP contribution is -2.39. The third-order valence-electron chi connectivity index (χ3n) is 4.70. The number of anilines is 2. The van der Waals surface area contributed by atoms with Crippen molar-refractivity contribution in [3.63, 3.8) is 0 Å². The molecule has 0 aliphatic carbocycles. The van der Waals surface area contributed by atoms with Crippen molar-refractivity contribution in [2.75, 3.05) is 30.4 Å². The van der Waals surface area contributed by atoms with E-state index >= 15 is 0 Å². The number of rotatable bonds is 4. The Labute approximate surface area is 146 Å². The zero-order valence-corrected chi connectivity index (χ0v) is 14.2. The number of pyridine rings is 1. The van der Waals surface area contributed by atoms with Crippen LogP contribution in [0.1, 0.15) is 12.8 Å². The van der Waals surface area contributed by atoms with Crippen LogP contribution in [0.5, 0.6) is 5.75 Å². The monoisotopic (exact) mass is 335 g/mol. The largest absolute Gasteiger partial charge is 0.497 e. The van der Waals surface area contributed by atoms with Crippen molar-refractivity contribution in [2.45, 2.75) is 18.9 Å². The van der Waals surface area contributed by atoms with Gasteiger partial charge in [0.25, 0.3) is 0 Å². The Bertz CT molecular complexity index is 847. The molecule has 1 fully saturated rings. The summed E-state index contributed by atoms with van der Waals surface area (Å²) in [5.41, 5.74) is 2.23. The second-order valence-electron chi connectivity index (χ2n) is 6.21. The maximum absolute atomic E-state index is 5.38. The average molecular weight is 335 g/mol. The summed E-state index contributed by atoms with van der Waals surface area (Å²) in [6.45, 7) is 2.00. The molecule has 6 heteroatoms. The summed E-state index contributed by atoms with van der Waals surface area (Å²) in [5, 5.41) is 4.64. The molecular formula is C19H21N5O. The van der Waals surface area contributed by atoms with Gasteiger partial charge in [0.2, 0.25) is 0 Å². The number of ether oxygens (including phenoxy) is 1. The lowest BCUT2D eigenvalue weighted by molar-refractivity contribution is 0.415. The van der Waals surface area contributed by atoms with Crippen LogP contribution in [0.4, 0.5) is 11.5 Å². The van der Waals surface area contributed by atoms with Gasteiger partial charge in [-0.25, -0.2) is 9.97 Å². The van der Waals surface area contributed by atoms with Gasteiger partial charge in [0.15, 0.2) is 0 Å². The summed E-state index contributed by atoms with van der Waals surface area (Å²) >= 11 is 0. The van der Waals surface area contributed by atoms with Crippen molar-refractivity contribution in [3.8, 4) is 5.75 Å². The number of hydrogen-bond donors (Lipinski definition) is 1. The summed E-state index contributed by atoms with van der Waals surface area (Å²) in [7, 11) is 1.70. The van der Waals surface area contributed by atoms with Crippen LogP contribution >= 0.6 is 0 Å². The number of nitrogens with one attached hydrogen (secondary N) is 1. The van der Waals surface area contributed by atoms with Gasteiger partial charge in [0.1, 0.15) is 17.9 Å². The van der Waals surface area contributed by atoms with E-state index in [1.54, 1.807) is 19.6 Å². The molecule has 1 aliphatic rings. The molecule has 2 aromatic heterocycles. The van der Waals surface area contributed by atoms with Crippen molar-refractivity contribution < 1.29 is 4.74 Å². The van der Waals surface area contributed by atoms with E-state index < -0.39 is 0 Å². The van der Waals surface area contributed by atoms with E-state index in [4.69, 9.17) is 4.74 Å². The Morgan fingerprint density at radius 2 is 1.96 bits per heavy atom. The van der Waals surface area contributed by atoms with Gasteiger partial charge in [-0.05, 0) is 43.2 Å². The van der Waals surface area contributed by atoms with Gasteiger partial charge in [-0.3, -0.25) is 4.98 Å². The summed E-state index contributed by atoms with van der Waals surface area (Å²) < 4.78 is 5.38. The number of benzene rings is 1. The number of piperidine rings is 1. The highest BCUT2D eigenvalue weighted by atomic mass is 16.5. The van der Waals surface area contributed by atoms with Crippen LogP contribution in [0, 0.1) is 0 Å². The van der Waals surface area contributed by atoms with Crippen LogP contribution in [-0.4, -0.2) is 41.2 Å². The normalized spacial score (nSPS) is 15.3.